The van der Waals surface area contributed by atoms with Gasteiger partial charge in [-0.15, -0.1) is 5.10 Å². The Bertz CT molecular complexity index is 972. The second-order valence-corrected chi connectivity index (χ2v) is 7.28. The molecule has 2 heterocycles. The van der Waals surface area contributed by atoms with E-state index in [9.17, 15) is 9.59 Å². The van der Waals surface area contributed by atoms with Crippen LogP contribution in [0.3, 0.4) is 0 Å². The van der Waals surface area contributed by atoms with Gasteiger partial charge in [0, 0.05) is 24.3 Å². The normalized spacial score (nSPS) is 13.7. The number of nitrogens with one attached hydrogen (secondary N) is 1. The summed E-state index contributed by atoms with van der Waals surface area (Å²) in [5, 5.41) is 7.77. The third kappa shape index (κ3) is 4.23. The lowest BCUT2D eigenvalue weighted by Gasteiger charge is -2.16. The summed E-state index contributed by atoms with van der Waals surface area (Å²) in [7, 11) is 0. The third-order valence-corrected chi connectivity index (χ3v) is 5.21. The van der Waals surface area contributed by atoms with Gasteiger partial charge in [0.25, 0.3) is 0 Å². The van der Waals surface area contributed by atoms with Gasteiger partial charge in [0.1, 0.15) is 6.33 Å². The Morgan fingerprint density at radius 1 is 1.07 bits per heavy atom. The predicted octanol–water partition coefficient (Wildman–Crippen LogP) is 3.12. The van der Waals surface area contributed by atoms with Crippen LogP contribution < -0.4 is 10.2 Å². The maximum atomic E-state index is 12.2. The highest BCUT2D eigenvalue weighted by Gasteiger charge is 2.21. The number of anilines is 2. The Hall–Kier alpha value is -3.13. The molecule has 0 unspecified atom stereocenters. The largest absolute Gasteiger partial charge is 0.325 e. The number of para-hydroxylation sites is 1. The SMILES string of the molecule is O=C(CSc1ncn(-c2ccccc2)n1)Nc1ccc(N2CCCC2=O)cc1. The van der Waals surface area contributed by atoms with Crippen molar-refractivity contribution in [2.45, 2.75) is 18.0 Å². The highest BCUT2D eigenvalue weighted by Crippen LogP contribution is 2.23. The molecule has 28 heavy (non-hydrogen) atoms. The fourth-order valence-electron chi connectivity index (χ4n) is 2.99. The van der Waals surface area contributed by atoms with Crippen LogP contribution in [0.5, 0.6) is 0 Å². The van der Waals surface area contributed by atoms with Crippen molar-refractivity contribution in [3.63, 3.8) is 0 Å². The second kappa shape index (κ2) is 8.26. The molecule has 0 bridgehead atoms. The van der Waals surface area contributed by atoms with Crippen LogP contribution in [0.25, 0.3) is 5.69 Å². The number of carbonyl (C=O) groups is 2. The van der Waals surface area contributed by atoms with Crippen LogP contribution in [0.4, 0.5) is 11.4 Å². The van der Waals surface area contributed by atoms with Gasteiger partial charge in [-0.1, -0.05) is 30.0 Å². The van der Waals surface area contributed by atoms with Gasteiger partial charge in [-0.25, -0.2) is 9.67 Å². The quantitative estimate of drug-likeness (QED) is 0.651. The molecule has 1 aliphatic rings. The molecule has 0 radical (unpaired) electrons. The predicted molar refractivity (Wildman–Crippen MR) is 109 cm³/mol. The van der Waals surface area contributed by atoms with Crippen LogP contribution in [-0.4, -0.2) is 38.9 Å². The zero-order chi connectivity index (χ0) is 19.3. The van der Waals surface area contributed by atoms with Gasteiger partial charge in [-0.3, -0.25) is 9.59 Å². The van der Waals surface area contributed by atoms with Crippen molar-refractivity contribution in [1.29, 1.82) is 0 Å². The fourth-order valence-corrected chi connectivity index (χ4v) is 3.59. The first-order valence-electron chi connectivity index (χ1n) is 8.99. The Balaban J connectivity index is 1.30. The first-order chi connectivity index (χ1) is 13.7. The second-order valence-electron chi connectivity index (χ2n) is 6.34. The van der Waals surface area contributed by atoms with Crippen LogP contribution in [0.15, 0.2) is 66.1 Å². The molecule has 0 aliphatic carbocycles. The number of nitrogens with zero attached hydrogens (tertiary/aromatic N) is 4. The molecule has 0 saturated carbocycles. The summed E-state index contributed by atoms with van der Waals surface area (Å²) in [5.74, 6) is 0.229. The zero-order valence-electron chi connectivity index (χ0n) is 15.1. The summed E-state index contributed by atoms with van der Waals surface area (Å²) in [6, 6.07) is 17.0. The number of aromatic nitrogens is 3. The summed E-state index contributed by atoms with van der Waals surface area (Å²) >= 11 is 1.28. The van der Waals surface area contributed by atoms with Gasteiger partial charge in [0.2, 0.25) is 17.0 Å². The van der Waals surface area contributed by atoms with Crippen molar-refractivity contribution in [3.8, 4) is 5.69 Å². The van der Waals surface area contributed by atoms with E-state index in [1.54, 1.807) is 15.9 Å². The van der Waals surface area contributed by atoms with Crippen molar-refractivity contribution in [1.82, 2.24) is 14.8 Å². The molecule has 1 aromatic heterocycles. The molecule has 1 N–H and O–H groups in total. The molecule has 0 spiro atoms. The smallest absolute Gasteiger partial charge is 0.234 e. The number of thioether (sulfide) groups is 1. The van der Waals surface area contributed by atoms with Crippen molar-refractivity contribution < 1.29 is 9.59 Å². The zero-order valence-corrected chi connectivity index (χ0v) is 15.9. The minimum atomic E-state index is -0.133. The van der Waals surface area contributed by atoms with E-state index >= 15 is 0 Å². The van der Waals surface area contributed by atoms with E-state index in [4.69, 9.17) is 0 Å². The number of hydrogen-bond donors (Lipinski definition) is 1. The summed E-state index contributed by atoms with van der Waals surface area (Å²) in [6.45, 7) is 0.754. The summed E-state index contributed by atoms with van der Waals surface area (Å²) in [4.78, 5) is 30.0. The van der Waals surface area contributed by atoms with Gasteiger partial charge < -0.3 is 10.2 Å². The Kier molecular flexibility index (Phi) is 5.38. The molecule has 8 heteroatoms. The highest BCUT2D eigenvalue weighted by atomic mass is 32.2. The number of benzene rings is 2. The van der Waals surface area contributed by atoms with E-state index in [-0.39, 0.29) is 17.6 Å². The molecule has 1 fully saturated rings. The monoisotopic (exact) mass is 393 g/mol. The Labute approximate surface area is 166 Å². The lowest BCUT2D eigenvalue weighted by atomic mass is 10.2. The average molecular weight is 393 g/mol. The minimum absolute atomic E-state index is 0.133. The molecule has 0 atom stereocenters. The van der Waals surface area contributed by atoms with Crippen molar-refractivity contribution in [3.05, 3.63) is 60.9 Å². The molecule has 3 aromatic rings. The van der Waals surface area contributed by atoms with Crippen molar-refractivity contribution in [2.24, 2.45) is 0 Å². The summed E-state index contributed by atoms with van der Waals surface area (Å²) in [6.07, 6.45) is 3.13. The molecular formula is C20H19N5O2S. The average Bonchev–Trinajstić information content (AvgIpc) is 3.37. The number of hydrogen-bond acceptors (Lipinski definition) is 5. The van der Waals surface area contributed by atoms with Gasteiger partial charge in [0.15, 0.2) is 0 Å². The topological polar surface area (TPSA) is 80.1 Å². The van der Waals surface area contributed by atoms with Gasteiger partial charge in [0.05, 0.1) is 11.4 Å². The van der Waals surface area contributed by atoms with E-state index in [0.29, 0.717) is 17.3 Å². The first kappa shape index (κ1) is 18.2. The lowest BCUT2D eigenvalue weighted by molar-refractivity contribution is -0.117. The Morgan fingerprint density at radius 3 is 2.57 bits per heavy atom. The molecule has 7 nitrogen and oxygen atoms in total. The molecule has 2 amide bonds. The first-order valence-corrected chi connectivity index (χ1v) is 9.98. The highest BCUT2D eigenvalue weighted by molar-refractivity contribution is 7.99. The van der Waals surface area contributed by atoms with E-state index < -0.39 is 0 Å². The lowest BCUT2D eigenvalue weighted by Crippen LogP contribution is -2.23. The van der Waals surface area contributed by atoms with E-state index in [0.717, 1.165) is 24.3 Å². The number of amides is 2. The van der Waals surface area contributed by atoms with Crippen LogP contribution in [0.2, 0.25) is 0 Å². The van der Waals surface area contributed by atoms with Crippen LogP contribution >= 0.6 is 11.8 Å². The molecule has 1 aliphatic heterocycles. The maximum absolute atomic E-state index is 12.2. The molecule has 142 valence electrons. The molecule has 1 saturated heterocycles. The van der Waals surface area contributed by atoms with Crippen LogP contribution in [0, 0.1) is 0 Å². The van der Waals surface area contributed by atoms with Crippen LogP contribution in [0.1, 0.15) is 12.8 Å². The van der Waals surface area contributed by atoms with Gasteiger partial charge in [-0.2, -0.15) is 0 Å². The summed E-state index contributed by atoms with van der Waals surface area (Å²) in [5.41, 5.74) is 2.48. The molecular weight excluding hydrogens is 374 g/mol. The Morgan fingerprint density at radius 2 is 1.86 bits per heavy atom. The number of rotatable bonds is 6. The van der Waals surface area contributed by atoms with Crippen molar-refractivity contribution in [2.75, 3.05) is 22.5 Å². The minimum Gasteiger partial charge on any atom is -0.325 e. The van der Waals surface area contributed by atoms with E-state index in [1.807, 2.05) is 54.6 Å². The van der Waals surface area contributed by atoms with Crippen LogP contribution in [-0.2, 0) is 9.59 Å². The van der Waals surface area contributed by atoms with E-state index in [2.05, 4.69) is 15.4 Å². The maximum Gasteiger partial charge on any atom is 0.234 e. The fraction of sp³-hybridized carbons (Fsp3) is 0.200. The summed E-state index contributed by atoms with van der Waals surface area (Å²) < 4.78 is 1.68. The number of carbonyl (C=O) groups excluding carboxylic acids is 2. The molecule has 2 aromatic carbocycles. The van der Waals surface area contributed by atoms with Gasteiger partial charge in [-0.05, 0) is 42.8 Å². The van der Waals surface area contributed by atoms with Gasteiger partial charge >= 0.3 is 0 Å². The molecule has 4 rings (SSSR count). The van der Waals surface area contributed by atoms with Crippen molar-refractivity contribution >= 4 is 35.0 Å². The standard InChI is InChI=1S/C20H19N5O2S/c26-18(13-28-20-21-14-25(23-20)17-5-2-1-3-6-17)22-15-8-10-16(11-9-15)24-12-4-7-19(24)27/h1-3,5-6,8-11,14H,4,7,12-13H2,(H,22,26). The third-order valence-electron chi connectivity index (χ3n) is 4.36. The van der Waals surface area contributed by atoms with E-state index in [1.165, 1.54) is 11.8 Å².